The van der Waals surface area contributed by atoms with Crippen molar-refractivity contribution in [3.05, 3.63) is 35.4 Å². The molecule has 0 saturated carbocycles. The average Bonchev–Trinajstić information content (AvgIpc) is 2.19. The Morgan fingerprint density at radius 1 is 1.31 bits per heavy atom. The van der Waals surface area contributed by atoms with Gasteiger partial charge in [-0.1, -0.05) is 29.8 Å². The third-order valence-corrected chi connectivity index (χ3v) is 2.24. The van der Waals surface area contributed by atoms with Crippen molar-refractivity contribution in [3.8, 4) is 0 Å². The lowest BCUT2D eigenvalue weighted by atomic mass is 10.0. The largest absolute Gasteiger partial charge is 0.480 e. The van der Waals surface area contributed by atoms with E-state index < -0.39 is 12.0 Å². The predicted octanol–water partition coefficient (Wildman–Crippen LogP) is 1.13. The van der Waals surface area contributed by atoms with Gasteiger partial charge >= 0.3 is 5.97 Å². The molecule has 4 heteroatoms. The fourth-order valence-corrected chi connectivity index (χ4v) is 1.41. The Kier molecular flexibility index (Phi) is 4.05. The van der Waals surface area contributed by atoms with E-state index in [9.17, 15) is 9.59 Å². The van der Waals surface area contributed by atoms with Gasteiger partial charge in [-0.15, -0.1) is 0 Å². The van der Waals surface area contributed by atoms with Crippen LogP contribution in [0.4, 0.5) is 0 Å². The van der Waals surface area contributed by atoms with Gasteiger partial charge < -0.3 is 10.4 Å². The lowest BCUT2D eigenvalue weighted by Gasteiger charge is -2.13. The molecule has 1 amide bonds. The molecule has 86 valence electrons. The van der Waals surface area contributed by atoms with Crippen molar-refractivity contribution >= 4 is 11.9 Å². The zero-order chi connectivity index (χ0) is 12.1. The quantitative estimate of drug-likeness (QED) is 0.800. The highest BCUT2D eigenvalue weighted by Gasteiger charge is 2.18. The lowest BCUT2D eigenvalue weighted by Crippen LogP contribution is -2.41. The normalized spacial score (nSPS) is 11.9. The van der Waals surface area contributed by atoms with Gasteiger partial charge in [-0.25, -0.2) is 4.79 Å². The summed E-state index contributed by atoms with van der Waals surface area (Å²) in [6.45, 7) is 3.28. The number of benzene rings is 1. The number of amides is 1. The van der Waals surface area contributed by atoms with Gasteiger partial charge in [0.2, 0.25) is 5.91 Å². The Morgan fingerprint density at radius 2 is 1.88 bits per heavy atom. The van der Waals surface area contributed by atoms with E-state index in [1.807, 2.05) is 31.2 Å². The first-order valence-electron chi connectivity index (χ1n) is 5.04. The monoisotopic (exact) mass is 221 g/mol. The molecule has 0 heterocycles. The van der Waals surface area contributed by atoms with E-state index in [1.54, 1.807) is 0 Å². The molecule has 1 aromatic rings. The Bertz CT molecular complexity index is 384. The first-order chi connectivity index (χ1) is 7.49. The van der Waals surface area contributed by atoms with Gasteiger partial charge in [-0.3, -0.25) is 4.79 Å². The SMILES string of the molecule is CC(=O)N[C@H](Cc1ccc(C)cc1)C(=O)O. The van der Waals surface area contributed by atoms with Crippen molar-refractivity contribution in [3.63, 3.8) is 0 Å². The molecule has 0 unspecified atom stereocenters. The maximum absolute atomic E-state index is 10.9. The molecule has 2 N–H and O–H groups in total. The van der Waals surface area contributed by atoms with Gasteiger partial charge in [0.1, 0.15) is 6.04 Å². The van der Waals surface area contributed by atoms with Gasteiger partial charge in [0, 0.05) is 13.3 Å². The van der Waals surface area contributed by atoms with E-state index in [0.717, 1.165) is 11.1 Å². The predicted molar refractivity (Wildman–Crippen MR) is 60.1 cm³/mol. The number of hydrogen-bond acceptors (Lipinski definition) is 2. The Labute approximate surface area is 94.3 Å². The maximum Gasteiger partial charge on any atom is 0.326 e. The van der Waals surface area contributed by atoms with Crippen molar-refractivity contribution in [2.24, 2.45) is 0 Å². The summed E-state index contributed by atoms with van der Waals surface area (Å²) in [4.78, 5) is 21.7. The molecule has 0 aliphatic carbocycles. The Hall–Kier alpha value is -1.84. The number of carbonyl (C=O) groups is 2. The van der Waals surface area contributed by atoms with Crippen LogP contribution in [-0.2, 0) is 16.0 Å². The second-order valence-electron chi connectivity index (χ2n) is 3.78. The number of hydrogen-bond donors (Lipinski definition) is 2. The van der Waals surface area contributed by atoms with Gasteiger partial charge in [0.25, 0.3) is 0 Å². The van der Waals surface area contributed by atoms with Crippen LogP contribution < -0.4 is 5.32 Å². The second kappa shape index (κ2) is 5.30. The summed E-state index contributed by atoms with van der Waals surface area (Å²) in [7, 11) is 0. The molecule has 0 radical (unpaired) electrons. The van der Waals surface area contributed by atoms with Crippen LogP contribution in [0.25, 0.3) is 0 Å². The van der Waals surface area contributed by atoms with Crippen LogP contribution in [0.2, 0.25) is 0 Å². The molecule has 16 heavy (non-hydrogen) atoms. The number of carboxylic acid groups (broad SMARTS) is 1. The van der Waals surface area contributed by atoms with Crippen LogP contribution in [0.15, 0.2) is 24.3 Å². The van der Waals surface area contributed by atoms with Crippen LogP contribution in [0.1, 0.15) is 18.1 Å². The first kappa shape index (κ1) is 12.2. The molecular formula is C12H15NO3. The molecule has 1 atom stereocenters. The molecule has 4 nitrogen and oxygen atoms in total. The number of nitrogens with one attached hydrogen (secondary N) is 1. The topological polar surface area (TPSA) is 66.4 Å². The summed E-state index contributed by atoms with van der Waals surface area (Å²) in [5.74, 6) is -1.35. The Balaban J connectivity index is 2.71. The molecule has 0 spiro atoms. The number of aryl methyl sites for hydroxylation is 1. The van der Waals surface area contributed by atoms with Crippen LogP contribution in [0.3, 0.4) is 0 Å². The number of aliphatic carboxylic acids is 1. The summed E-state index contributed by atoms with van der Waals surface area (Å²) >= 11 is 0. The molecule has 0 aliphatic rings. The van der Waals surface area contributed by atoms with Crippen molar-refractivity contribution in [1.29, 1.82) is 0 Å². The third kappa shape index (κ3) is 3.73. The summed E-state index contributed by atoms with van der Waals surface area (Å²) in [5, 5.41) is 11.3. The fraction of sp³-hybridized carbons (Fsp3) is 0.333. The van der Waals surface area contributed by atoms with Crippen molar-refractivity contribution in [2.75, 3.05) is 0 Å². The molecule has 1 aromatic carbocycles. The Morgan fingerprint density at radius 3 is 2.31 bits per heavy atom. The zero-order valence-corrected chi connectivity index (χ0v) is 9.36. The van der Waals surface area contributed by atoms with E-state index in [4.69, 9.17) is 5.11 Å². The van der Waals surface area contributed by atoms with Crippen LogP contribution in [0, 0.1) is 6.92 Å². The zero-order valence-electron chi connectivity index (χ0n) is 9.36. The van der Waals surface area contributed by atoms with E-state index in [-0.39, 0.29) is 5.91 Å². The highest BCUT2D eigenvalue weighted by Crippen LogP contribution is 2.06. The van der Waals surface area contributed by atoms with Crippen LogP contribution in [-0.4, -0.2) is 23.0 Å². The van der Waals surface area contributed by atoms with Crippen molar-refractivity contribution < 1.29 is 14.7 Å². The molecule has 0 fully saturated rings. The van der Waals surface area contributed by atoms with E-state index in [1.165, 1.54) is 6.92 Å². The smallest absolute Gasteiger partial charge is 0.326 e. The number of rotatable bonds is 4. The lowest BCUT2D eigenvalue weighted by molar-refractivity contribution is -0.141. The van der Waals surface area contributed by atoms with E-state index in [2.05, 4.69) is 5.32 Å². The minimum atomic E-state index is -1.02. The van der Waals surface area contributed by atoms with Crippen molar-refractivity contribution in [2.45, 2.75) is 26.3 Å². The molecule has 1 rings (SSSR count). The van der Waals surface area contributed by atoms with Gasteiger partial charge in [-0.2, -0.15) is 0 Å². The number of carboxylic acids is 1. The highest BCUT2D eigenvalue weighted by molar-refractivity contribution is 5.82. The average molecular weight is 221 g/mol. The minimum absolute atomic E-state index is 0.301. The summed E-state index contributed by atoms with van der Waals surface area (Å²) < 4.78 is 0. The molecule has 0 aromatic heterocycles. The van der Waals surface area contributed by atoms with Gasteiger partial charge in [0.15, 0.2) is 0 Å². The summed E-state index contributed by atoms with van der Waals surface area (Å²) in [6.07, 6.45) is 0.301. The second-order valence-corrected chi connectivity index (χ2v) is 3.78. The van der Waals surface area contributed by atoms with Crippen molar-refractivity contribution in [1.82, 2.24) is 5.32 Å². The summed E-state index contributed by atoms with van der Waals surface area (Å²) in [5.41, 5.74) is 2.02. The molecule has 0 bridgehead atoms. The van der Waals surface area contributed by atoms with Crippen LogP contribution >= 0.6 is 0 Å². The maximum atomic E-state index is 10.9. The minimum Gasteiger partial charge on any atom is -0.480 e. The third-order valence-electron chi connectivity index (χ3n) is 2.24. The molecule has 0 saturated heterocycles. The van der Waals surface area contributed by atoms with E-state index >= 15 is 0 Å². The van der Waals surface area contributed by atoms with Gasteiger partial charge in [-0.05, 0) is 12.5 Å². The van der Waals surface area contributed by atoms with Crippen LogP contribution in [0.5, 0.6) is 0 Å². The van der Waals surface area contributed by atoms with E-state index in [0.29, 0.717) is 6.42 Å². The standard InChI is InChI=1S/C12H15NO3/c1-8-3-5-10(6-4-8)7-11(12(15)16)13-9(2)14/h3-6,11H,7H2,1-2H3,(H,13,14)(H,15,16)/t11-/m1/s1. The highest BCUT2D eigenvalue weighted by atomic mass is 16.4. The number of carbonyl (C=O) groups excluding carboxylic acids is 1. The summed E-state index contributed by atoms with van der Waals surface area (Å²) in [6, 6.07) is 6.71. The molecular weight excluding hydrogens is 206 g/mol. The fourth-order valence-electron chi connectivity index (χ4n) is 1.41. The first-order valence-corrected chi connectivity index (χ1v) is 5.04. The van der Waals surface area contributed by atoms with Gasteiger partial charge in [0.05, 0.1) is 0 Å². The molecule has 0 aliphatic heterocycles.